The number of halogens is 1. The van der Waals surface area contributed by atoms with Crippen molar-refractivity contribution in [3.8, 4) is 0 Å². The zero-order valence-corrected chi connectivity index (χ0v) is 14.3. The van der Waals surface area contributed by atoms with E-state index in [1.807, 2.05) is 19.1 Å². The average molecular weight is 360 g/mol. The van der Waals surface area contributed by atoms with Gasteiger partial charge in [0.1, 0.15) is 0 Å². The van der Waals surface area contributed by atoms with Crippen LogP contribution in [-0.2, 0) is 4.79 Å². The van der Waals surface area contributed by atoms with E-state index in [1.54, 1.807) is 46.8 Å². The van der Waals surface area contributed by atoms with Crippen molar-refractivity contribution in [2.75, 3.05) is 16.8 Å². The molecule has 1 heterocycles. The molecule has 2 aromatic rings. The largest absolute Gasteiger partial charge is 0.380 e. The van der Waals surface area contributed by atoms with Crippen LogP contribution >= 0.6 is 11.6 Å². The summed E-state index contributed by atoms with van der Waals surface area (Å²) in [6, 6.07) is 13.8. The number of amides is 2. The molecule has 1 fully saturated rings. The predicted octanol–water partition coefficient (Wildman–Crippen LogP) is 2.92. The molecule has 0 radical (unpaired) electrons. The molecular formula is C18H18ClN3O3. The lowest BCUT2D eigenvalue weighted by Crippen LogP contribution is -2.28. The van der Waals surface area contributed by atoms with Crippen molar-refractivity contribution in [3.05, 3.63) is 59.1 Å². The monoisotopic (exact) mass is 359 g/mol. The molecule has 1 aliphatic rings. The van der Waals surface area contributed by atoms with Gasteiger partial charge in [-0.05, 0) is 48.5 Å². The summed E-state index contributed by atoms with van der Waals surface area (Å²) >= 11 is 5.90. The second-order valence-electron chi connectivity index (χ2n) is 5.98. The first-order valence-corrected chi connectivity index (χ1v) is 8.25. The van der Waals surface area contributed by atoms with E-state index in [9.17, 15) is 9.59 Å². The molecule has 3 N–H and O–H groups in total. The summed E-state index contributed by atoms with van der Waals surface area (Å²) < 4.78 is 0. The van der Waals surface area contributed by atoms with E-state index in [4.69, 9.17) is 16.8 Å². The number of hydrogen-bond acceptors (Lipinski definition) is 4. The molecule has 25 heavy (non-hydrogen) atoms. The fourth-order valence-electron chi connectivity index (χ4n) is 2.88. The van der Waals surface area contributed by atoms with Crippen LogP contribution in [0.5, 0.6) is 0 Å². The lowest BCUT2D eigenvalue weighted by Gasteiger charge is -2.18. The third-order valence-electron chi connectivity index (χ3n) is 4.38. The Labute approximate surface area is 150 Å². The first-order valence-electron chi connectivity index (χ1n) is 7.87. The van der Waals surface area contributed by atoms with Crippen molar-refractivity contribution in [1.82, 2.24) is 5.48 Å². The lowest BCUT2D eigenvalue weighted by atomic mass is 10.1. The van der Waals surface area contributed by atoms with Gasteiger partial charge in [-0.1, -0.05) is 18.5 Å². The third kappa shape index (κ3) is 3.60. The van der Waals surface area contributed by atoms with E-state index in [-0.39, 0.29) is 17.9 Å². The van der Waals surface area contributed by atoms with Gasteiger partial charge in [-0.15, -0.1) is 0 Å². The van der Waals surface area contributed by atoms with Crippen LogP contribution in [-0.4, -0.2) is 29.6 Å². The molecule has 2 atom stereocenters. The van der Waals surface area contributed by atoms with E-state index >= 15 is 0 Å². The maximum Gasteiger partial charge on any atom is 0.274 e. The fourth-order valence-corrected chi connectivity index (χ4v) is 3.01. The molecular weight excluding hydrogens is 342 g/mol. The summed E-state index contributed by atoms with van der Waals surface area (Å²) in [5.74, 6) is -0.697. The molecule has 0 aliphatic carbocycles. The maximum atomic E-state index is 12.5. The van der Waals surface area contributed by atoms with Crippen molar-refractivity contribution in [3.63, 3.8) is 0 Å². The highest BCUT2D eigenvalue weighted by Gasteiger charge is 2.37. The number of hydrogen-bond donors (Lipinski definition) is 3. The predicted molar refractivity (Wildman–Crippen MR) is 96.1 cm³/mol. The Hall–Kier alpha value is -2.57. The Morgan fingerprint density at radius 3 is 2.40 bits per heavy atom. The number of anilines is 2. The zero-order chi connectivity index (χ0) is 18.0. The number of nitrogens with one attached hydrogen (secondary N) is 2. The summed E-state index contributed by atoms with van der Waals surface area (Å²) in [7, 11) is 0. The molecule has 2 aromatic carbocycles. The molecule has 0 saturated carbocycles. The number of carbonyl (C=O) groups excluding carboxylic acids is 2. The van der Waals surface area contributed by atoms with E-state index in [0.29, 0.717) is 17.1 Å². The molecule has 6 nitrogen and oxygen atoms in total. The molecule has 0 aromatic heterocycles. The van der Waals surface area contributed by atoms with E-state index in [1.165, 1.54) is 0 Å². The van der Waals surface area contributed by atoms with E-state index in [2.05, 4.69) is 5.32 Å². The van der Waals surface area contributed by atoms with Gasteiger partial charge in [0.2, 0.25) is 5.91 Å². The molecule has 7 heteroatoms. The molecule has 2 unspecified atom stereocenters. The Kier molecular flexibility index (Phi) is 4.92. The number of nitrogens with zero attached hydrogens (tertiary/aromatic N) is 1. The van der Waals surface area contributed by atoms with Gasteiger partial charge in [0.15, 0.2) is 0 Å². The van der Waals surface area contributed by atoms with Gasteiger partial charge in [-0.2, -0.15) is 0 Å². The minimum Gasteiger partial charge on any atom is -0.380 e. The minimum absolute atomic E-state index is 0.0519. The molecule has 1 saturated heterocycles. The van der Waals surface area contributed by atoms with Crippen molar-refractivity contribution in [1.29, 1.82) is 0 Å². The maximum absolute atomic E-state index is 12.5. The van der Waals surface area contributed by atoms with Gasteiger partial charge in [0.05, 0.1) is 12.0 Å². The third-order valence-corrected chi connectivity index (χ3v) is 4.63. The Morgan fingerprint density at radius 1 is 1.16 bits per heavy atom. The van der Waals surface area contributed by atoms with Crippen molar-refractivity contribution in [2.45, 2.75) is 13.0 Å². The summed E-state index contributed by atoms with van der Waals surface area (Å²) in [5.41, 5.74) is 3.57. The van der Waals surface area contributed by atoms with Crippen LogP contribution in [0.25, 0.3) is 0 Å². The van der Waals surface area contributed by atoms with Crippen molar-refractivity contribution < 1.29 is 14.8 Å². The number of hydroxylamine groups is 1. The van der Waals surface area contributed by atoms with Gasteiger partial charge < -0.3 is 10.2 Å². The number of benzene rings is 2. The molecule has 2 amide bonds. The van der Waals surface area contributed by atoms with Gasteiger partial charge in [0, 0.05) is 28.5 Å². The molecule has 3 rings (SSSR count). The van der Waals surface area contributed by atoms with Gasteiger partial charge in [-0.25, -0.2) is 5.48 Å². The van der Waals surface area contributed by atoms with Crippen LogP contribution in [0.3, 0.4) is 0 Å². The van der Waals surface area contributed by atoms with Gasteiger partial charge in [0.25, 0.3) is 5.91 Å². The minimum atomic E-state index is -0.565. The van der Waals surface area contributed by atoms with E-state index in [0.717, 1.165) is 11.4 Å². The summed E-state index contributed by atoms with van der Waals surface area (Å²) in [6.07, 6.45) is 0. The van der Waals surface area contributed by atoms with Gasteiger partial charge >= 0.3 is 0 Å². The lowest BCUT2D eigenvalue weighted by molar-refractivity contribution is -0.120. The average Bonchev–Trinajstić information content (AvgIpc) is 2.91. The van der Waals surface area contributed by atoms with Crippen LogP contribution in [0.15, 0.2) is 48.5 Å². The SMILES string of the molecule is CC1C(=O)N(c2ccc(Cl)cc2)CC1Nc1ccc(C(=O)NO)cc1. The molecule has 1 aliphatic heterocycles. The first kappa shape index (κ1) is 17.3. The van der Waals surface area contributed by atoms with Gasteiger partial charge in [-0.3, -0.25) is 14.8 Å². The summed E-state index contributed by atoms with van der Waals surface area (Å²) in [6.45, 7) is 2.43. The second kappa shape index (κ2) is 7.13. The first-order chi connectivity index (χ1) is 12.0. The Bertz CT molecular complexity index is 777. The topological polar surface area (TPSA) is 81.7 Å². The van der Waals surface area contributed by atoms with Crippen LogP contribution in [0, 0.1) is 5.92 Å². The standard InChI is InChI=1S/C18H18ClN3O3/c1-11-16(20-14-6-2-12(3-7-14)17(23)21-25)10-22(18(11)24)15-8-4-13(19)5-9-15/h2-9,11,16,20,25H,10H2,1H3,(H,21,23). The van der Waals surface area contributed by atoms with Crippen LogP contribution in [0.1, 0.15) is 17.3 Å². The van der Waals surface area contributed by atoms with Crippen LogP contribution in [0.4, 0.5) is 11.4 Å². The van der Waals surface area contributed by atoms with E-state index < -0.39 is 5.91 Å². The Balaban J connectivity index is 1.72. The smallest absolute Gasteiger partial charge is 0.274 e. The van der Waals surface area contributed by atoms with Crippen LogP contribution in [0.2, 0.25) is 5.02 Å². The normalized spacial score (nSPS) is 19.8. The van der Waals surface area contributed by atoms with Crippen LogP contribution < -0.4 is 15.7 Å². The fraction of sp³-hybridized carbons (Fsp3) is 0.222. The number of carbonyl (C=O) groups is 2. The number of rotatable bonds is 4. The molecule has 130 valence electrons. The quantitative estimate of drug-likeness (QED) is 0.579. The Morgan fingerprint density at radius 2 is 1.80 bits per heavy atom. The van der Waals surface area contributed by atoms with Crippen molar-refractivity contribution in [2.24, 2.45) is 5.92 Å². The highest BCUT2D eigenvalue weighted by atomic mass is 35.5. The highest BCUT2D eigenvalue weighted by Crippen LogP contribution is 2.28. The molecule has 0 bridgehead atoms. The second-order valence-corrected chi connectivity index (χ2v) is 6.42. The van der Waals surface area contributed by atoms with Crippen molar-refractivity contribution >= 4 is 34.8 Å². The zero-order valence-electron chi connectivity index (χ0n) is 13.6. The summed E-state index contributed by atoms with van der Waals surface area (Å²) in [5, 5.41) is 12.6. The highest BCUT2D eigenvalue weighted by molar-refractivity contribution is 6.30. The summed E-state index contributed by atoms with van der Waals surface area (Å²) in [4.78, 5) is 25.6. The molecule has 0 spiro atoms.